The van der Waals surface area contributed by atoms with E-state index in [1.807, 2.05) is 6.26 Å². The molecule has 1 saturated carbocycles. The molecule has 0 atom stereocenters. The molecule has 0 saturated heterocycles. The first-order chi connectivity index (χ1) is 9.43. The standard InChI is InChI=1S/C13H17N3O3S/c1-7-11(12(20-3)15-8(2)14-7)13(19)16(6-10(17)18)9-4-5-9/h9H,4-6H2,1-3H3,(H,17,18). The Hall–Kier alpha value is -1.63. The van der Waals surface area contributed by atoms with Crippen LogP contribution in [0.2, 0.25) is 0 Å². The Balaban J connectivity index is 2.38. The first kappa shape index (κ1) is 14.8. The zero-order valence-corrected chi connectivity index (χ0v) is 12.5. The van der Waals surface area contributed by atoms with Gasteiger partial charge in [-0.2, -0.15) is 0 Å². The Morgan fingerprint density at radius 1 is 1.35 bits per heavy atom. The molecule has 1 amide bonds. The number of aliphatic carboxylic acids is 1. The van der Waals surface area contributed by atoms with E-state index >= 15 is 0 Å². The summed E-state index contributed by atoms with van der Waals surface area (Å²) in [6.45, 7) is 3.26. The Morgan fingerprint density at radius 3 is 2.50 bits per heavy atom. The van der Waals surface area contributed by atoms with Crippen LogP contribution in [0.25, 0.3) is 0 Å². The Morgan fingerprint density at radius 2 is 2.00 bits per heavy atom. The van der Waals surface area contributed by atoms with E-state index in [9.17, 15) is 9.59 Å². The summed E-state index contributed by atoms with van der Waals surface area (Å²) in [7, 11) is 0. The summed E-state index contributed by atoms with van der Waals surface area (Å²) in [5.74, 6) is -0.669. The van der Waals surface area contributed by atoms with E-state index in [0.717, 1.165) is 12.8 Å². The number of hydrogen-bond acceptors (Lipinski definition) is 5. The Labute approximate surface area is 121 Å². The number of carboxylic acid groups (broad SMARTS) is 1. The number of nitrogens with zero attached hydrogens (tertiary/aromatic N) is 3. The van der Waals surface area contributed by atoms with Gasteiger partial charge in [0, 0.05) is 6.04 Å². The molecule has 0 spiro atoms. The third-order valence-electron chi connectivity index (χ3n) is 3.13. The Bertz CT molecular complexity index is 558. The second kappa shape index (κ2) is 5.78. The van der Waals surface area contributed by atoms with E-state index in [1.54, 1.807) is 13.8 Å². The predicted molar refractivity (Wildman–Crippen MR) is 75.0 cm³/mol. The molecule has 0 radical (unpaired) electrons. The van der Waals surface area contributed by atoms with Gasteiger partial charge in [-0.15, -0.1) is 11.8 Å². The van der Waals surface area contributed by atoms with E-state index in [4.69, 9.17) is 5.11 Å². The summed E-state index contributed by atoms with van der Waals surface area (Å²) in [4.78, 5) is 33.5. The number of amides is 1. The van der Waals surface area contributed by atoms with Gasteiger partial charge in [0.25, 0.3) is 5.91 Å². The van der Waals surface area contributed by atoms with Crippen molar-refractivity contribution < 1.29 is 14.7 Å². The molecule has 1 aromatic heterocycles. The fourth-order valence-corrected chi connectivity index (χ4v) is 2.78. The van der Waals surface area contributed by atoms with Crippen LogP contribution in [0.3, 0.4) is 0 Å². The van der Waals surface area contributed by atoms with E-state index in [2.05, 4.69) is 9.97 Å². The summed E-state index contributed by atoms with van der Waals surface area (Å²) >= 11 is 1.37. The lowest BCUT2D eigenvalue weighted by molar-refractivity contribution is -0.137. The van der Waals surface area contributed by atoms with Crippen molar-refractivity contribution in [2.24, 2.45) is 0 Å². The quantitative estimate of drug-likeness (QED) is 0.655. The molecular weight excluding hydrogens is 278 g/mol. The monoisotopic (exact) mass is 295 g/mol. The molecule has 0 bridgehead atoms. The maximum absolute atomic E-state index is 12.6. The topological polar surface area (TPSA) is 83.4 Å². The van der Waals surface area contributed by atoms with Crippen LogP contribution in [-0.2, 0) is 4.79 Å². The minimum Gasteiger partial charge on any atom is -0.480 e. The maximum atomic E-state index is 12.6. The van der Waals surface area contributed by atoms with E-state index < -0.39 is 5.97 Å². The zero-order chi connectivity index (χ0) is 14.9. The van der Waals surface area contributed by atoms with Crippen molar-refractivity contribution in [1.29, 1.82) is 0 Å². The van der Waals surface area contributed by atoms with Crippen molar-refractivity contribution in [3.8, 4) is 0 Å². The molecule has 0 aliphatic heterocycles. The zero-order valence-electron chi connectivity index (χ0n) is 11.7. The number of thioether (sulfide) groups is 1. The van der Waals surface area contributed by atoms with Crippen LogP contribution in [0.4, 0.5) is 0 Å². The van der Waals surface area contributed by atoms with Gasteiger partial charge in [0.1, 0.15) is 17.4 Å². The highest BCUT2D eigenvalue weighted by atomic mass is 32.2. The highest BCUT2D eigenvalue weighted by molar-refractivity contribution is 7.98. The summed E-state index contributed by atoms with van der Waals surface area (Å²) in [5, 5.41) is 9.57. The van der Waals surface area contributed by atoms with Crippen LogP contribution in [-0.4, -0.2) is 50.7 Å². The van der Waals surface area contributed by atoms with Crippen molar-refractivity contribution in [3.05, 3.63) is 17.1 Å². The lowest BCUT2D eigenvalue weighted by Crippen LogP contribution is -2.38. The van der Waals surface area contributed by atoms with Crippen molar-refractivity contribution in [1.82, 2.24) is 14.9 Å². The van der Waals surface area contributed by atoms with Crippen LogP contribution in [0.1, 0.15) is 34.7 Å². The molecule has 6 nitrogen and oxygen atoms in total. The fraction of sp³-hybridized carbons (Fsp3) is 0.538. The van der Waals surface area contributed by atoms with Crippen LogP contribution >= 0.6 is 11.8 Å². The van der Waals surface area contributed by atoms with Crippen LogP contribution < -0.4 is 0 Å². The molecular formula is C13H17N3O3S. The minimum absolute atomic E-state index is 0.0361. The highest BCUT2D eigenvalue weighted by Crippen LogP contribution is 2.30. The number of hydrogen-bond donors (Lipinski definition) is 1. The molecule has 1 fully saturated rings. The van der Waals surface area contributed by atoms with Gasteiger partial charge in [0.05, 0.1) is 11.3 Å². The smallest absolute Gasteiger partial charge is 0.323 e. The summed E-state index contributed by atoms with van der Waals surface area (Å²) in [5.41, 5.74) is 1.03. The lowest BCUT2D eigenvalue weighted by Gasteiger charge is -2.22. The van der Waals surface area contributed by atoms with Crippen molar-refractivity contribution in [2.45, 2.75) is 37.8 Å². The molecule has 108 valence electrons. The number of carbonyl (C=O) groups excluding carboxylic acids is 1. The molecule has 7 heteroatoms. The summed E-state index contributed by atoms with van der Waals surface area (Å²) in [6.07, 6.45) is 3.56. The number of carboxylic acids is 1. The second-order valence-corrected chi connectivity index (χ2v) is 5.59. The first-order valence-electron chi connectivity index (χ1n) is 6.36. The largest absolute Gasteiger partial charge is 0.480 e. The third kappa shape index (κ3) is 3.09. The maximum Gasteiger partial charge on any atom is 0.323 e. The van der Waals surface area contributed by atoms with Gasteiger partial charge in [-0.1, -0.05) is 0 Å². The average Bonchev–Trinajstić information content (AvgIpc) is 3.18. The van der Waals surface area contributed by atoms with Gasteiger partial charge in [-0.25, -0.2) is 9.97 Å². The Kier molecular flexibility index (Phi) is 4.27. The summed E-state index contributed by atoms with van der Waals surface area (Å²) in [6, 6.07) is 0.0361. The molecule has 1 aliphatic carbocycles. The molecule has 20 heavy (non-hydrogen) atoms. The summed E-state index contributed by atoms with van der Waals surface area (Å²) < 4.78 is 0. The van der Waals surface area contributed by atoms with E-state index in [1.165, 1.54) is 16.7 Å². The third-order valence-corrected chi connectivity index (χ3v) is 3.81. The lowest BCUT2D eigenvalue weighted by atomic mass is 10.2. The SMILES string of the molecule is CSc1nc(C)nc(C)c1C(=O)N(CC(=O)O)C1CC1. The van der Waals surface area contributed by atoms with Crippen LogP contribution in [0.5, 0.6) is 0 Å². The number of carbonyl (C=O) groups is 2. The molecule has 2 rings (SSSR count). The van der Waals surface area contributed by atoms with Crippen molar-refractivity contribution in [3.63, 3.8) is 0 Å². The normalized spacial score (nSPS) is 14.2. The molecule has 1 aromatic rings. The minimum atomic E-state index is -0.998. The van der Waals surface area contributed by atoms with Gasteiger partial charge >= 0.3 is 5.97 Å². The second-order valence-electron chi connectivity index (χ2n) is 4.80. The highest BCUT2D eigenvalue weighted by Gasteiger charge is 2.36. The number of rotatable bonds is 5. The van der Waals surface area contributed by atoms with Gasteiger partial charge < -0.3 is 10.0 Å². The molecule has 1 heterocycles. The van der Waals surface area contributed by atoms with Crippen LogP contribution in [0.15, 0.2) is 5.03 Å². The van der Waals surface area contributed by atoms with Gasteiger partial charge in [-0.05, 0) is 32.9 Å². The van der Waals surface area contributed by atoms with Gasteiger partial charge in [-0.3, -0.25) is 9.59 Å². The number of aromatic nitrogens is 2. The van der Waals surface area contributed by atoms with E-state index in [0.29, 0.717) is 22.1 Å². The first-order valence-corrected chi connectivity index (χ1v) is 7.58. The average molecular weight is 295 g/mol. The molecule has 0 aromatic carbocycles. The molecule has 0 unspecified atom stereocenters. The fourth-order valence-electron chi connectivity index (χ4n) is 2.12. The van der Waals surface area contributed by atoms with Gasteiger partial charge in [0.15, 0.2) is 0 Å². The number of aryl methyl sites for hydroxylation is 2. The van der Waals surface area contributed by atoms with Gasteiger partial charge in [0.2, 0.25) is 0 Å². The van der Waals surface area contributed by atoms with Crippen LogP contribution in [0, 0.1) is 13.8 Å². The molecule has 1 aliphatic rings. The van der Waals surface area contributed by atoms with Crippen molar-refractivity contribution >= 4 is 23.6 Å². The van der Waals surface area contributed by atoms with E-state index in [-0.39, 0.29) is 18.5 Å². The molecule has 1 N–H and O–H groups in total. The van der Waals surface area contributed by atoms with Crippen molar-refractivity contribution in [2.75, 3.05) is 12.8 Å². The predicted octanol–water partition coefficient (Wildman–Crippen LogP) is 1.50.